The number of rotatable bonds is 39. The van der Waals surface area contributed by atoms with Gasteiger partial charge in [0.05, 0.1) is 13.2 Å². The van der Waals surface area contributed by atoms with Gasteiger partial charge in [-0.25, -0.2) is 4.57 Å². The van der Waals surface area contributed by atoms with E-state index in [1.54, 1.807) is 0 Å². The minimum atomic E-state index is -4.38. The average molecular weight is 768 g/mol. The van der Waals surface area contributed by atoms with Crippen molar-refractivity contribution in [3.8, 4) is 0 Å². The molecule has 0 radical (unpaired) electrons. The van der Waals surface area contributed by atoms with Gasteiger partial charge < -0.3 is 20.1 Å². The molecule has 0 amide bonds. The number of carbonyl (C=O) groups is 2. The van der Waals surface area contributed by atoms with Crippen LogP contribution in [0.15, 0.2) is 48.6 Å². The summed E-state index contributed by atoms with van der Waals surface area (Å²) in [6.45, 7) is 3.64. The fourth-order valence-corrected chi connectivity index (χ4v) is 6.28. The van der Waals surface area contributed by atoms with E-state index >= 15 is 0 Å². The van der Waals surface area contributed by atoms with Gasteiger partial charge in [0, 0.05) is 19.4 Å². The molecule has 0 fully saturated rings. The lowest BCUT2D eigenvalue weighted by molar-refractivity contribution is -0.161. The first-order valence-electron chi connectivity index (χ1n) is 21.1. The third kappa shape index (κ3) is 39.5. The Morgan fingerprint density at radius 1 is 0.566 bits per heavy atom. The van der Waals surface area contributed by atoms with Crippen molar-refractivity contribution in [1.82, 2.24) is 0 Å². The first-order chi connectivity index (χ1) is 25.8. The van der Waals surface area contributed by atoms with Crippen molar-refractivity contribution in [2.24, 2.45) is 5.73 Å². The topological polar surface area (TPSA) is 134 Å². The molecule has 0 aromatic heterocycles. The fraction of sp³-hybridized carbons (Fsp3) is 0.767. The number of esters is 2. The lowest BCUT2D eigenvalue weighted by Crippen LogP contribution is -2.29. The van der Waals surface area contributed by atoms with Crippen molar-refractivity contribution >= 4 is 19.8 Å². The second-order valence-corrected chi connectivity index (χ2v) is 15.3. The van der Waals surface area contributed by atoms with Crippen molar-refractivity contribution in [1.29, 1.82) is 0 Å². The third-order valence-corrected chi connectivity index (χ3v) is 9.67. The summed E-state index contributed by atoms with van der Waals surface area (Å²) in [7, 11) is -4.38. The van der Waals surface area contributed by atoms with E-state index in [9.17, 15) is 19.0 Å². The highest BCUT2D eigenvalue weighted by Crippen LogP contribution is 2.43. The maximum absolute atomic E-state index is 12.6. The lowest BCUT2D eigenvalue weighted by atomic mass is 10.1. The standard InChI is InChI=1S/C43H78NO8P/c1-3-5-7-9-11-13-15-17-19-20-22-24-26-28-30-32-34-36-43(46)52-41(40-51-53(47,48)50-38-37-44)39-49-42(45)35-33-31-29-27-25-23-21-18-16-14-12-10-8-6-4-2/h12,14,17-19,21,25,27,41H,3-11,13,15-16,20,22-24,26,28-40,44H2,1-2H3,(H,47,48)/b14-12-,19-17-,21-18-,27-25-/t41-/m1/s1. The highest BCUT2D eigenvalue weighted by atomic mass is 31.2. The van der Waals surface area contributed by atoms with Gasteiger partial charge in [-0.15, -0.1) is 0 Å². The molecule has 2 atom stereocenters. The van der Waals surface area contributed by atoms with Crippen LogP contribution in [0.2, 0.25) is 0 Å². The van der Waals surface area contributed by atoms with Crippen LogP contribution in [-0.2, 0) is 32.7 Å². The van der Waals surface area contributed by atoms with Crippen molar-refractivity contribution in [2.45, 2.75) is 187 Å². The van der Waals surface area contributed by atoms with Crippen LogP contribution in [0.3, 0.4) is 0 Å². The molecular weight excluding hydrogens is 689 g/mol. The molecule has 0 aliphatic rings. The minimum Gasteiger partial charge on any atom is -0.462 e. The predicted octanol–water partition coefficient (Wildman–Crippen LogP) is 11.9. The van der Waals surface area contributed by atoms with E-state index in [-0.39, 0.29) is 32.6 Å². The second-order valence-electron chi connectivity index (χ2n) is 13.8. The van der Waals surface area contributed by atoms with E-state index in [1.165, 1.54) is 83.5 Å². The molecule has 1 unspecified atom stereocenters. The van der Waals surface area contributed by atoms with Gasteiger partial charge in [0.1, 0.15) is 6.61 Å². The molecule has 9 nitrogen and oxygen atoms in total. The first kappa shape index (κ1) is 51.0. The van der Waals surface area contributed by atoms with E-state index in [4.69, 9.17) is 24.3 Å². The summed E-state index contributed by atoms with van der Waals surface area (Å²) < 4.78 is 32.7. The van der Waals surface area contributed by atoms with Crippen molar-refractivity contribution in [3.63, 3.8) is 0 Å². The van der Waals surface area contributed by atoms with Gasteiger partial charge in [0.25, 0.3) is 0 Å². The van der Waals surface area contributed by atoms with Gasteiger partial charge in [-0.1, -0.05) is 140 Å². The number of carbonyl (C=O) groups excluding carboxylic acids is 2. The number of nitrogens with two attached hydrogens (primary N) is 1. The Labute approximate surface area is 324 Å². The molecule has 0 bridgehead atoms. The molecule has 10 heteroatoms. The highest BCUT2D eigenvalue weighted by Gasteiger charge is 2.25. The van der Waals surface area contributed by atoms with Crippen molar-refractivity contribution in [3.05, 3.63) is 48.6 Å². The van der Waals surface area contributed by atoms with Crippen molar-refractivity contribution in [2.75, 3.05) is 26.4 Å². The molecule has 3 N–H and O–H groups in total. The van der Waals surface area contributed by atoms with Gasteiger partial charge in [-0.05, 0) is 77.0 Å². The normalized spacial score (nSPS) is 13.8. The van der Waals surface area contributed by atoms with Gasteiger partial charge in [-0.3, -0.25) is 18.6 Å². The van der Waals surface area contributed by atoms with Crippen LogP contribution in [0, 0.1) is 0 Å². The summed E-state index contributed by atoms with van der Waals surface area (Å²) in [5.74, 6) is -0.880. The Morgan fingerprint density at radius 3 is 1.55 bits per heavy atom. The lowest BCUT2D eigenvalue weighted by Gasteiger charge is -2.19. The van der Waals surface area contributed by atoms with E-state index in [2.05, 4.69) is 62.5 Å². The number of hydrogen-bond acceptors (Lipinski definition) is 8. The molecule has 0 aliphatic heterocycles. The molecule has 0 heterocycles. The molecular formula is C43H78NO8P. The van der Waals surface area contributed by atoms with Gasteiger partial charge in [0.15, 0.2) is 6.10 Å². The zero-order valence-electron chi connectivity index (χ0n) is 33.7. The Hall–Kier alpha value is -2.03. The largest absolute Gasteiger partial charge is 0.472 e. The van der Waals surface area contributed by atoms with E-state index in [0.717, 1.165) is 57.8 Å². The number of ether oxygens (including phenoxy) is 2. The van der Waals surface area contributed by atoms with E-state index in [1.807, 2.05) is 0 Å². The molecule has 0 rings (SSSR count). The quantitative estimate of drug-likeness (QED) is 0.0271. The molecule has 0 saturated carbocycles. The zero-order valence-corrected chi connectivity index (χ0v) is 34.6. The number of hydrogen-bond donors (Lipinski definition) is 2. The Bertz CT molecular complexity index is 1010. The minimum absolute atomic E-state index is 0.0462. The van der Waals surface area contributed by atoms with Gasteiger partial charge in [-0.2, -0.15) is 0 Å². The molecule has 0 saturated heterocycles. The summed E-state index contributed by atoms with van der Waals surface area (Å²) in [6, 6.07) is 0. The second kappa shape index (κ2) is 39.7. The maximum Gasteiger partial charge on any atom is 0.472 e. The van der Waals surface area contributed by atoms with Crippen LogP contribution in [0.25, 0.3) is 0 Å². The van der Waals surface area contributed by atoms with E-state index < -0.39 is 32.5 Å². The molecule has 0 aliphatic carbocycles. The summed E-state index contributed by atoms with van der Waals surface area (Å²) in [5, 5.41) is 0. The summed E-state index contributed by atoms with van der Waals surface area (Å²) in [4.78, 5) is 34.8. The number of phosphoric acid groups is 1. The van der Waals surface area contributed by atoms with Gasteiger partial charge >= 0.3 is 19.8 Å². The number of unbranched alkanes of at least 4 members (excludes halogenated alkanes) is 18. The maximum atomic E-state index is 12.6. The molecule has 0 aromatic carbocycles. The summed E-state index contributed by atoms with van der Waals surface area (Å²) in [5.41, 5.74) is 5.34. The van der Waals surface area contributed by atoms with Crippen LogP contribution < -0.4 is 5.73 Å². The van der Waals surface area contributed by atoms with E-state index in [0.29, 0.717) is 12.8 Å². The fourth-order valence-electron chi connectivity index (χ4n) is 5.52. The molecule has 0 spiro atoms. The molecule has 0 aromatic rings. The highest BCUT2D eigenvalue weighted by molar-refractivity contribution is 7.47. The van der Waals surface area contributed by atoms with Crippen LogP contribution >= 0.6 is 7.82 Å². The Kier molecular flexibility index (Phi) is 38.1. The average Bonchev–Trinajstić information content (AvgIpc) is 3.14. The SMILES string of the molecule is CCCCC/C=C\C/C=C\C/C=C\CCCCC(=O)OC[C@H](COP(=O)(O)OCCN)OC(=O)CCCCCCCCC/C=C\CCCCCCCC. The van der Waals surface area contributed by atoms with Crippen LogP contribution in [0.5, 0.6) is 0 Å². The zero-order chi connectivity index (χ0) is 38.9. The third-order valence-electron chi connectivity index (χ3n) is 8.69. The van der Waals surface area contributed by atoms with Crippen molar-refractivity contribution < 1.29 is 37.6 Å². The summed E-state index contributed by atoms with van der Waals surface area (Å²) >= 11 is 0. The first-order valence-corrected chi connectivity index (χ1v) is 22.6. The smallest absolute Gasteiger partial charge is 0.462 e. The molecule has 308 valence electrons. The Morgan fingerprint density at radius 2 is 0.981 bits per heavy atom. The predicted molar refractivity (Wildman–Crippen MR) is 220 cm³/mol. The van der Waals surface area contributed by atoms with Crippen LogP contribution in [-0.4, -0.2) is 49.3 Å². The number of allylic oxidation sites excluding steroid dienone is 8. The molecule has 53 heavy (non-hydrogen) atoms. The Balaban J connectivity index is 4.24. The van der Waals surface area contributed by atoms with Gasteiger partial charge in [0.2, 0.25) is 0 Å². The van der Waals surface area contributed by atoms with Crippen LogP contribution in [0.4, 0.5) is 0 Å². The monoisotopic (exact) mass is 768 g/mol. The summed E-state index contributed by atoms with van der Waals surface area (Å²) in [6.07, 6.45) is 44.2. The number of phosphoric ester groups is 1. The van der Waals surface area contributed by atoms with Crippen LogP contribution in [0.1, 0.15) is 181 Å².